The molecule has 88 valence electrons. The topological polar surface area (TPSA) is 55.1 Å². The van der Waals surface area contributed by atoms with Crippen LogP contribution < -0.4 is 11.1 Å². The average molecular weight is 212 g/mol. The monoisotopic (exact) mass is 212 g/mol. The molecule has 0 aromatic rings. The van der Waals surface area contributed by atoms with Gasteiger partial charge in [0.2, 0.25) is 5.91 Å². The van der Waals surface area contributed by atoms with Crippen LogP contribution in [0.3, 0.4) is 0 Å². The number of carbonyl (C=O) groups excluding carboxylic acids is 1. The Labute approximate surface area is 92.8 Å². The number of carbonyl (C=O) groups is 1. The number of hydrogen-bond acceptors (Lipinski definition) is 2. The fourth-order valence-electron chi connectivity index (χ4n) is 2.27. The van der Waals surface area contributed by atoms with Crippen molar-refractivity contribution in [3.63, 3.8) is 0 Å². The van der Waals surface area contributed by atoms with Gasteiger partial charge in [-0.15, -0.1) is 0 Å². The molecule has 1 unspecified atom stereocenters. The van der Waals surface area contributed by atoms with Crippen LogP contribution in [0.2, 0.25) is 0 Å². The smallest absolute Gasteiger partial charge is 0.223 e. The summed E-state index contributed by atoms with van der Waals surface area (Å²) in [4.78, 5) is 11.9. The van der Waals surface area contributed by atoms with E-state index >= 15 is 0 Å². The molecule has 1 atom stereocenters. The van der Waals surface area contributed by atoms with Crippen molar-refractivity contribution in [2.75, 3.05) is 6.54 Å². The van der Waals surface area contributed by atoms with Gasteiger partial charge in [0.15, 0.2) is 0 Å². The molecule has 1 rings (SSSR count). The van der Waals surface area contributed by atoms with Crippen molar-refractivity contribution >= 4 is 5.91 Å². The van der Waals surface area contributed by atoms with E-state index in [-0.39, 0.29) is 11.8 Å². The maximum Gasteiger partial charge on any atom is 0.223 e. The van der Waals surface area contributed by atoms with Gasteiger partial charge in [0.05, 0.1) is 0 Å². The second kappa shape index (κ2) is 6.83. The van der Waals surface area contributed by atoms with Gasteiger partial charge in [-0.25, -0.2) is 0 Å². The molecule has 3 nitrogen and oxygen atoms in total. The molecule has 0 spiro atoms. The Hall–Kier alpha value is -0.570. The lowest BCUT2D eigenvalue weighted by Crippen LogP contribution is -2.37. The zero-order chi connectivity index (χ0) is 11.1. The first-order chi connectivity index (χ1) is 7.27. The van der Waals surface area contributed by atoms with Crippen molar-refractivity contribution in [2.45, 2.75) is 57.9 Å². The fraction of sp³-hybridized carbons (Fsp3) is 0.917. The highest BCUT2D eigenvalue weighted by Gasteiger charge is 2.21. The van der Waals surface area contributed by atoms with Crippen molar-refractivity contribution in [3.8, 4) is 0 Å². The van der Waals surface area contributed by atoms with Gasteiger partial charge in [-0.3, -0.25) is 4.79 Å². The van der Waals surface area contributed by atoms with Gasteiger partial charge < -0.3 is 11.1 Å². The summed E-state index contributed by atoms with van der Waals surface area (Å²) >= 11 is 0. The highest BCUT2D eigenvalue weighted by molar-refractivity contribution is 5.78. The van der Waals surface area contributed by atoms with Crippen LogP contribution in [0.15, 0.2) is 0 Å². The number of hydrogen-bond donors (Lipinski definition) is 2. The first kappa shape index (κ1) is 12.5. The lowest BCUT2D eigenvalue weighted by Gasteiger charge is -2.18. The molecule has 1 saturated carbocycles. The van der Waals surface area contributed by atoms with Crippen LogP contribution in [0.25, 0.3) is 0 Å². The van der Waals surface area contributed by atoms with E-state index in [1.54, 1.807) is 0 Å². The second-order valence-corrected chi connectivity index (χ2v) is 4.53. The summed E-state index contributed by atoms with van der Waals surface area (Å²) in [5, 5.41) is 3.16. The predicted molar refractivity (Wildman–Crippen MR) is 62.5 cm³/mol. The van der Waals surface area contributed by atoms with Gasteiger partial charge in [-0.1, -0.05) is 19.8 Å². The molecule has 0 aliphatic heterocycles. The highest BCUT2D eigenvalue weighted by atomic mass is 16.1. The highest BCUT2D eigenvalue weighted by Crippen LogP contribution is 2.19. The zero-order valence-electron chi connectivity index (χ0n) is 9.80. The number of nitrogens with two attached hydrogens (primary N) is 1. The quantitative estimate of drug-likeness (QED) is 0.705. The van der Waals surface area contributed by atoms with E-state index < -0.39 is 0 Å². The van der Waals surface area contributed by atoms with Crippen LogP contribution in [0.1, 0.15) is 51.9 Å². The minimum absolute atomic E-state index is 0.175. The van der Waals surface area contributed by atoms with E-state index in [9.17, 15) is 4.79 Å². The third kappa shape index (κ3) is 4.20. The SMILES string of the molecule is CCC(CCCN)C(=O)NC1CCCC1. The Morgan fingerprint density at radius 2 is 2.13 bits per heavy atom. The molecule has 1 aliphatic rings. The van der Waals surface area contributed by atoms with E-state index in [4.69, 9.17) is 5.73 Å². The molecule has 0 aromatic carbocycles. The van der Waals surface area contributed by atoms with Gasteiger partial charge in [-0.05, 0) is 38.6 Å². The summed E-state index contributed by atoms with van der Waals surface area (Å²) in [5.41, 5.74) is 5.46. The molecule has 3 N–H and O–H groups in total. The van der Waals surface area contributed by atoms with Gasteiger partial charge in [0.25, 0.3) is 0 Å². The Morgan fingerprint density at radius 3 is 2.67 bits per heavy atom. The molecule has 1 amide bonds. The molecule has 0 aromatic heterocycles. The molecule has 1 fully saturated rings. The van der Waals surface area contributed by atoms with Gasteiger partial charge >= 0.3 is 0 Å². The van der Waals surface area contributed by atoms with Gasteiger partial charge in [0, 0.05) is 12.0 Å². The fourth-order valence-corrected chi connectivity index (χ4v) is 2.27. The van der Waals surface area contributed by atoms with Crippen molar-refractivity contribution < 1.29 is 4.79 Å². The van der Waals surface area contributed by atoms with Crippen molar-refractivity contribution in [1.29, 1.82) is 0 Å². The van der Waals surface area contributed by atoms with Crippen LogP contribution in [0, 0.1) is 5.92 Å². The minimum atomic E-state index is 0.175. The predicted octanol–water partition coefficient (Wildman–Crippen LogP) is 1.81. The number of rotatable bonds is 6. The van der Waals surface area contributed by atoms with E-state index in [0.29, 0.717) is 12.6 Å². The molecule has 0 radical (unpaired) electrons. The van der Waals surface area contributed by atoms with E-state index in [1.165, 1.54) is 25.7 Å². The standard InChI is InChI=1S/C12H24N2O/c1-2-10(6-5-9-13)12(15)14-11-7-3-4-8-11/h10-11H,2-9,13H2,1H3,(H,14,15). The van der Waals surface area contributed by atoms with Crippen LogP contribution in [0.5, 0.6) is 0 Å². The summed E-state index contributed by atoms with van der Waals surface area (Å²) < 4.78 is 0. The van der Waals surface area contributed by atoms with Gasteiger partial charge in [-0.2, -0.15) is 0 Å². The van der Waals surface area contributed by atoms with Crippen LogP contribution >= 0.6 is 0 Å². The second-order valence-electron chi connectivity index (χ2n) is 4.53. The largest absolute Gasteiger partial charge is 0.353 e. The van der Waals surface area contributed by atoms with E-state index in [2.05, 4.69) is 12.2 Å². The maximum absolute atomic E-state index is 11.9. The third-order valence-corrected chi connectivity index (χ3v) is 3.32. The number of amides is 1. The Morgan fingerprint density at radius 1 is 1.47 bits per heavy atom. The molecular weight excluding hydrogens is 188 g/mol. The Bertz CT molecular complexity index is 188. The molecule has 0 bridgehead atoms. The Kier molecular flexibility index (Phi) is 5.69. The van der Waals surface area contributed by atoms with Crippen LogP contribution in [-0.4, -0.2) is 18.5 Å². The van der Waals surface area contributed by atoms with Crippen LogP contribution in [-0.2, 0) is 4.79 Å². The normalized spacial score (nSPS) is 19.1. The molecule has 15 heavy (non-hydrogen) atoms. The molecule has 0 heterocycles. The van der Waals surface area contributed by atoms with E-state index in [0.717, 1.165) is 19.3 Å². The summed E-state index contributed by atoms with van der Waals surface area (Å²) in [5.74, 6) is 0.423. The third-order valence-electron chi connectivity index (χ3n) is 3.32. The van der Waals surface area contributed by atoms with Crippen molar-refractivity contribution in [3.05, 3.63) is 0 Å². The first-order valence-corrected chi connectivity index (χ1v) is 6.28. The minimum Gasteiger partial charge on any atom is -0.353 e. The first-order valence-electron chi connectivity index (χ1n) is 6.28. The maximum atomic E-state index is 11.9. The molecular formula is C12H24N2O. The number of nitrogens with one attached hydrogen (secondary N) is 1. The van der Waals surface area contributed by atoms with Crippen molar-refractivity contribution in [2.24, 2.45) is 11.7 Å². The zero-order valence-corrected chi connectivity index (χ0v) is 9.80. The van der Waals surface area contributed by atoms with Crippen LogP contribution in [0.4, 0.5) is 0 Å². The summed E-state index contributed by atoms with van der Waals surface area (Å²) in [6.07, 6.45) is 7.69. The lowest BCUT2D eigenvalue weighted by molar-refractivity contribution is -0.126. The summed E-state index contributed by atoms with van der Waals surface area (Å²) in [6.45, 7) is 2.77. The average Bonchev–Trinajstić information content (AvgIpc) is 2.71. The molecule has 3 heteroatoms. The summed E-state index contributed by atoms with van der Waals surface area (Å²) in [6, 6.07) is 0.449. The molecule has 0 saturated heterocycles. The van der Waals surface area contributed by atoms with Crippen molar-refractivity contribution in [1.82, 2.24) is 5.32 Å². The Balaban J connectivity index is 2.28. The molecule has 1 aliphatic carbocycles. The van der Waals surface area contributed by atoms with Gasteiger partial charge in [0.1, 0.15) is 0 Å². The van der Waals surface area contributed by atoms with E-state index in [1.807, 2.05) is 0 Å². The summed E-state index contributed by atoms with van der Waals surface area (Å²) in [7, 11) is 0. The lowest BCUT2D eigenvalue weighted by atomic mass is 9.99.